The molecule has 0 aliphatic carbocycles. The van der Waals surface area contributed by atoms with Gasteiger partial charge in [-0.2, -0.15) is 0 Å². The average Bonchev–Trinajstić information content (AvgIpc) is 2.86. The maximum absolute atomic E-state index is 9.03. The molecule has 1 spiro atoms. The Balaban J connectivity index is 1.70. The van der Waals surface area contributed by atoms with E-state index in [1.165, 1.54) is 11.3 Å². The highest BCUT2D eigenvalue weighted by Crippen LogP contribution is 2.54. The number of nitrogens with zero attached hydrogens (tertiary/aromatic N) is 1. The van der Waals surface area contributed by atoms with Gasteiger partial charge in [-0.15, -0.1) is 0 Å². The van der Waals surface area contributed by atoms with Crippen molar-refractivity contribution in [3.05, 3.63) is 65.7 Å². The molecule has 3 nitrogen and oxygen atoms in total. The summed E-state index contributed by atoms with van der Waals surface area (Å²) in [6.45, 7) is 5.80. The molecule has 0 fully saturated rings. The summed E-state index contributed by atoms with van der Waals surface area (Å²) in [6, 6.07) is 17.0. The smallest absolute Gasteiger partial charge is 0.212 e. The first-order valence-corrected chi connectivity index (χ1v) is 10.1. The van der Waals surface area contributed by atoms with Crippen molar-refractivity contribution >= 4 is 11.8 Å². The van der Waals surface area contributed by atoms with Gasteiger partial charge in [0, 0.05) is 24.4 Å². The van der Waals surface area contributed by atoms with Gasteiger partial charge in [0.2, 0.25) is 5.72 Å². The van der Waals surface area contributed by atoms with Crippen molar-refractivity contribution in [1.29, 1.82) is 0 Å². The lowest BCUT2D eigenvalue weighted by Crippen LogP contribution is -2.59. The molecule has 1 unspecified atom stereocenters. The fourth-order valence-corrected chi connectivity index (χ4v) is 4.57. The number of hydrogen-bond donors (Lipinski definition) is 1. The van der Waals surface area contributed by atoms with E-state index in [-0.39, 0.29) is 12.0 Å². The molecular weight excluding hydrogens is 334 g/mol. The van der Waals surface area contributed by atoms with Crippen LogP contribution in [0.5, 0.6) is 5.75 Å². The van der Waals surface area contributed by atoms with Gasteiger partial charge in [-0.25, -0.2) is 0 Å². The summed E-state index contributed by atoms with van der Waals surface area (Å²) in [6.07, 6.45) is 8.63. The van der Waals surface area contributed by atoms with Gasteiger partial charge in [0.05, 0.1) is 5.41 Å². The van der Waals surface area contributed by atoms with E-state index < -0.39 is 5.72 Å². The quantitative estimate of drug-likeness (QED) is 0.722. The van der Waals surface area contributed by atoms with E-state index in [4.69, 9.17) is 9.84 Å². The van der Waals surface area contributed by atoms with Gasteiger partial charge in [-0.05, 0) is 56.5 Å². The van der Waals surface area contributed by atoms with Crippen molar-refractivity contribution < 1.29 is 9.84 Å². The normalized spacial score (nSPS) is 21.8. The molecule has 1 atom stereocenters. The Morgan fingerprint density at radius 1 is 0.926 bits per heavy atom. The van der Waals surface area contributed by atoms with Crippen LogP contribution in [0, 0.1) is 0 Å². The number of aliphatic hydroxyl groups is 1. The number of para-hydroxylation sites is 2. The average molecular weight is 364 g/mol. The second-order valence-electron chi connectivity index (χ2n) is 8.10. The van der Waals surface area contributed by atoms with Gasteiger partial charge in [0.15, 0.2) is 0 Å². The van der Waals surface area contributed by atoms with E-state index >= 15 is 0 Å². The summed E-state index contributed by atoms with van der Waals surface area (Å²) >= 11 is 0. The number of hydrogen-bond acceptors (Lipinski definition) is 3. The number of rotatable bonds is 6. The lowest BCUT2D eigenvalue weighted by Gasteiger charge is -2.47. The Kier molecular flexibility index (Phi) is 4.73. The fraction of sp³-hybridized carbons (Fsp3) is 0.417. The molecule has 2 aromatic carbocycles. The summed E-state index contributed by atoms with van der Waals surface area (Å²) in [5, 5.41) is 9.03. The maximum atomic E-state index is 9.03. The molecule has 0 bridgehead atoms. The molecule has 2 aliphatic heterocycles. The molecule has 0 saturated heterocycles. The monoisotopic (exact) mass is 363 g/mol. The molecule has 142 valence electrons. The van der Waals surface area contributed by atoms with Crippen molar-refractivity contribution in [3.63, 3.8) is 0 Å². The van der Waals surface area contributed by atoms with Crippen LogP contribution in [0.1, 0.15) is 50.7 Å². The van der Waals surface area contributed by atoms with E-state index in [2.05, 4.69) is 73.4 Å². The van der Waals surface area contributed by atoms with E-state index in [1.54, 1.807) is 0 Å². The Morgan fingerprint density at radius 2 is 1.67 bits per heavy atom. The number of ether oxygens (including phenoxy) is 1. The Labute approximate surface area is 162 Å². The van der Waals surface area contributed by atoms with Crippen molar-refractivity contribution in [2.45, 2.75) is 50.7 Å². The lowest BCUT2D eigenvalue weighted by molar-refractivity contribution is 0.0531. The van der Waals surface area contributed by atoms with Crippen molar-refractivity contribution in [3.8, 4) is 5.75 Å². The molecule has 0 aromatic heterocycles. The van der Waals surface area contributed by atoms with Crippen LogP contribution in [0.3, 0.4) is 0 Å². The number of aliphatic hydroxyl groups excluding tert-OH is 1. The third-order valence-electron chi connectivity index (χ3n) is 6.13. The Hall–Kier alpha value is -2.26. The van der Waals surface area contributed by atoms with Crippen molar-refractivity contribution in [1.82, 2.24) is 0 Å². The molecule has 0 radical (unpaired) electrons. The van der Waals surface area contributed by atoms with Gasteiger partial charge in [-0.1, -0.05) is 49.2 Å². The summed E-state index contributed by atoms with van der Waals surface area (Å²) in [5.74, 6) is 0.950. The lowest BCUT2D eigenvalue weighted by atomic mass is 9.76. The topological polar surface area (TPSA) is 32.7 Å². The summed E-state index contributed by atoms with van der Waals surface area (Å²) < 4.78 is 6.77. The molecule has 2 heterocycles. The number of fused-ring (bicyclic) bond motifs is 2. The zero-order valence-corrected chi connectivity index (χ0v) is 16.3. The molecule has 27 heavy (non-hydrogen) atoms. The van der Waals surface area contributed by atoms with E-state index in [1.807, 2.05) is 6.07 Å². The van der Waals surface area contributed by atoms with Gasteiger partial charge >= 0.3 is 0 Å². The second-order valence-corrected chi connectivity index (χ2v) is 8.10. The van der Waals surface area contributed by atoms with Crippen LogP contribution in [-0.4, -0.2) is 24.0 Å². The predicted molar refractivity (Wildman–Crippen MR) is 111 cm³/mol. The molecule has 0 amide bonds. The van der Waals surface area contributed by atoms with Crippen LogP contribution in [0.4, 0.5) is 5.69 Å². The molecule has 1 N–H and O–H groups in total. The molecule has 0 saturated carbocycles. The van der Waals surface area contributed by atoms with E-state index in [0.29, 0.717) is 0 Å². The first-order valence-electron chi connectivity index (χ1n) is 10.1. The van der Waals surface area contributed by atoms with Crippen LogP contribution in [-0.2, 0) is 5.41 Å². The van der Waals surface area contributed by atoms with E-state index in [0.717, 1.165) is 43.5 Å². The zero-order valence-electron chi connectivity index (χ0n) is 16.3. The van der Waals surface area contributed by atoms with Gasteiger partial charge in [-0.3, -0.25) is 0 Å². The standard InChI is InChI=1S/C24H29NO2/c1-23(2)20-12-6-7-13-21(20)25(17-9-3-4-10-18-26)24(23)16-15-19-11-5-8-14-22(19)27-24/h5-8,11-16,26H,3-4,9-10,17-18H2,1-2H3. The molecule has 4 rings (SSSR count). The minimum atomic E-state index is -0.512. The largest absolute Gasteiger partial charge is 0.463 e. The highest BCUT2D eigenvalue weighted by Gasteiger charge is 2.58. The molecule has 2 aromatic rings. The fourth-order valence-electron chi connectivity index (χ4n) is 4.57. The predicted octanol–water partition coefficient (Wildman–Crippen LogP) is 5.14. The van der Waals surface area contributed by atoms with Gasteiger partial charge in [0.25, 0.3) is 0 Å². The first-order chi connectivity index (χ1) is 13.1. The second kappa shape index (κ2) is 7.05. The van der Waals surface area contributed by atoms with Crippen LogP contribution in [0.25, 0.3) is 6.08 Å². The Morgan fingerprint density at radius 3 is 2.52 bits per heavy atom. The van der Waals surface area contributed by atoms with Gasteiger partial charge < -0.3 is 14.7 Å². The van der Waals surface area contributed by atoms with Crippen LogP contribution < -0.4 is 9.64 Å². The summed E-state index contributed by atoms with van der Waals surface area (Å²) in [5.41, 5.74) is 3.07. The van der Waals surface area contributed by atoms with Crippen molar-refractivity contribution in [2.75, 3.05) is 18.1 Å². The molecule has 2 aliphatic rings. The number of benzene rings is 2. The third kappa shape index (κ3) is 2.85. The minimum absolute atomic E-state index is 0.168. The number of anilines is 1. The number of unbranched alkanes of at least 4 members (excludes halogenated alkanes) is 3. The summed E-state index contributed by atoms with van der Waals surface area (Å²) in [7, 11) is 0. The van der Waals surface area contributed by atoms with Crippen LogP contribution in [0.15, 0.2) is 54.6 Å². The third-order valence-corrected chi connectivity index (χ3v) is 6.13. The van der Waals surface area contributed by atoms with E-state index in [9.17, 15) is 0 Å². The van der Waals surface area contributed by atoms with Crippen LogP contribution >= 0.6 is 0 Å². The highest BCUT2D eigenvalue weighted by atomic mass is 16.5. The first kappa shape index (κ1) is 18.1. The zero-order chi connectivity index (χ0) is 18.9. The minimum Gasteiger partial charge on any atom is -0.463 e. The highest BCUT2D eigenvalue weighted by molar-refractivity contribution is 5.72. The Bertz CT molecular complexity index is 842. The summed E-state index contributed by atoms with van der Waals surface area (Å²) in [4.78, 5) is 2.45. The van der Waals surface area contributed by atoms with Crippen LogP contribution in [0.2, 0.25) is 0 Å². The maximum Gasteiger partial charge on any atom is 0.212 e. The van der Waals surface area contributed by atoms with Crippen molar-refractivity contribution in [2.24, 2.45) is 0 Å². The molecular formula is C24H29NO2. The molecule has 3 heteroatoms. The SMILES string of the molecule is CC1(C)c2ccccc2N(CCCCCCO)C12C=Cc1ccccc1O2. The van der Waals surface area contributed by atoms with Gasteiger partial charge in [0.1, 0.15) is 5.75 Å².